The Morgan fingerprint density at radius 1 is 0.525 bits per heavy atom. The number of aliphatic imine (C=N–C) groups is 1. The van der Waals surface area contributed by atoms with Crippen molar-refractivity contribution in [2.75, 3.05) is 7.05 Å². The quantitative estimate of drug-likeness (QED) is 0.178. The first-order chi connectivity index (χ1) is 30.1. The topological polar surface area (TPSA) is 29.8 Å². The van der Waals surface area contributed by atoms with E-state index in [1.54, 1.807) is 0 Å². The Labute approximate surface area is 356 Å². The van der Waals surface area contributed by atoms with Gasteiger partial charge in [0.15, 0.2) is 0 Å². The molecule has 2 unspecified atom stereocenters. The predicted octanol–water partition coefficient (Wildman–Crippen LogP) is 13.9. The number of benzene rings is 8. The lowest BCUT2D eigenvalue weighted by Crippen LogP contribution is -2.37. The molecule has 61 heavy (non-hydrogen) atoms. The molecule has 0 radical (unpaired) electrons. The Morgan fingerprint density at radius 3 is 2.03 bits per heavy atom. The minimum absolute atomic E-state index is 0.184. The molecule has 2 atom stereocenters. The van der Waals surface area contributed by atoms with E-state index in [1.165, 1.54) is 61.0 Å². The van der Waals surface area contributed by atoms with Crippen molar-refractivity contribution < 1.29 is 4.74 Å². The molecule has 4 heteroatoms. The van der Waals surface area contributed by atoms with E-state index in [-0.39, 0.29) is 6.17 Å². The zero-order valence-electron chi connectivity index (χ0n) is 34.2. The summed E-state index contributed by atoms with van der Waals surface area (Å²) in [5, 5.41) is 2.52. The molecule has 12 rings (SSSR count). The summed E-state index contributed by atoms with van der Waals surface area (Å²) in [6, 6.07) is 70.6. The third-order valence-corrected chi connectivity index (χ3v) is 13.4. The molecular formula is C57H43N3O. The van der Waals surface area contributed by atoms with Crippen LogP contribution in [0.5, 0.6) is 11.5 Å². The third kappa shape index (κ3) is 5.28. The highest BCUT2D eigenvalue weighted by Gasteiger charge is 2.50. The van der Waals surface area contributed by atoms with Crippen molar-refractivity contribution in [1.29, 1.82) is 0 Å². The highest BCUT2D eigenvalue weighted by Crippen LogP contribution is 2.60. The van der Waals surface area contributed by atoms with Crippen LogP contribution in [0.3, 0.4) is 0 Å². The first kappa shape index (κ1) is 35.5. The second kappa shape index (κ2) is 13.8. The molecule has 292 valence electrons. The van der Waals surface area contributed by atoms with Crippen LogP contribution >= 0.6 is 0 Å². The molecule has 1 aromatic heterocycles. The van der Waals surface area contributed by atoms with Gasteiger partial charge in [-0.05, 0) is 101 Å². The maximum Gasteiger partial charge on any atom is 0.147 e. The monoisotopic (exact) mass is 785 g/mol. The Kier molecular flexibility index (Phi) is 8.05. The number of rotatable bonds is 4. The third-order valence-electron chi connectivity index (χ3n) is 13.4. The number of hydrogen-bond acceptors (Lipinski definition) is 3. The molecule has 8 aromatic carbocycles. The van der Waals surface area contributed by atoms with Gasteiger partial charge in [0.2, 0.25) is 0 Å². The molecule has 0 saturated carbocycles. The van der Waals surface area contributed by atoms with Crippen LogP contribution in [-0.4, -0.2) is 22.2 Å². The van der Waals surface area contributed by atoms with Crippen molar-refractivity contribution in [2.45, 2.75) is 31.3 Å². The lowest BCUT2D eigenvalue weighted by Gasteiger charge is -2.45. The summed E-state index contributed by atoms with van der Waals surface area (Å²) in [5.74, 6) is 1.77. The fourth-order valence-corrected chi connectivity index (χ4v) is 10.7. The summed E-state index contributed by atoms with van der Waals surface area (Å²) >= 11 is 0. The summed E-state index contributed by atoms with van der Waals surface area (Å²) < 4.78 is 9.37. The van der Waals surface area contributed by atoms with Crippen LogP contribution in [0.4, 0.5) is 0 Å². The van der Waals surface area contributed by atoms with Crippen LogP contribution in [0.15, 0.2) is 205 Å². The normalized spacial score (nSPS) is 17.9. The Bertz CT molecular complexity index is 3270. The maximum absolute atomic E-state index is 6.88. The molecule has 4 nitrogen and oxygen atoms in total. The van der Waals surface area contributed by atoms with E-state index in [9.17, 15) is 0 Å². The van der Waals surface area contributed by atoms with E-state index in [1.807, 2.05) is 0 Å². The van der Waals surface area contributed by atoms with Crippen LogP contribution in [-0.2, 0) is 5.41 Å². The number of nitrogens with zero attached hydrogens (tertiary/aromatic N) is 3. The zero-order valence-corrected chi connectivity index (χ0v) is 34.2. The van der Waals surface area contributed by atoms with Gasteiger partial charge in [0, 0.05) is 40.4 Å². The molecule has 0 amide bonds. The van der Waals surface area contributed by atoms with E-state index >= 15 is 0 Å². The predicted molar refractivity (Wildman–Crippen MR) is 250 cm³/mol. The molecule has 3 aliphatic rings. The van der Waals surface area contributed by atoms with Crippen molar-refractivity contribution in [3.05, 3.63) is 239 Å². The molecule has 0 saturated heterocycles. The summed E-state index contributed by atoms with van der Waals surface area (Å²) in [6.07, 6.45) is 1.57. The Balaban J connectivity index is 1.04. The van der Waals surface area contributed by atoms with E-state index in [2.05, 4.69) is 218 Å². The fraction of sp³-hybridized carbons (Fsp3) is 0.105. The first-order valence-corrected chi connectivity index (χ1v) is 21.3. The maximum atomic E-state index is 6.88. The van der Waals surface area contributed by atoms with E-state index < -0.39 is 5.41 Å². The average molecular weight is 786 g/mol. The first-order valence-electron chi connectivity index (χ1n) is 21.3. The highest BCUT2D eigenvalue weighted by molar-refractivity contribution is 6.12. The van der Waals surface area contributed by atoms with E-state index in [4.69, 9.17) is 9.73 Å². The number of para-hydroxylation sites is 4. The molecule has 0 bridgehead atoms. The molecule has 0 fully saturated rings. The van der Waals surface area contributed by atoms with Gasteiger partial charge in [0.25, 0.3) is 0 Å². The van der Waals surface area contributed by atoms with Gasteiger partial charge in [0.1, 0.15) is 17.7 Å². The van der Waals surface area contributed by atoms with Crippen molar-refractivity contribution in [1.82, 2.24) is 9.47 Å². The summed E-state index contributed by atoms with van der Waals surface area (Å²) in [5.41, 5.74) is 17.4. The molecule has 1 spiro atoms. The molecular weight excluding hydrogens is 743 g/mol. The van der Waals surface area contributed by atoms with Gasteiger partial charge >= 0.3 is 0 Å². The lowest BCUT2D eigenvalue weighted by molar-refractivity contribution is 0.363. The van der Waals surface area contributed by atoms with Gasteiger partial charge < -0.3 is 14.2 Å². The standard InChI is InChI=1S/C57H43N3O/c1-37-31-33-49(58-56(39-19-7-4-8-20-39)59(2)54(37)38-17-5-3-6-18-38)42-22-15-21-40(35-42)41-32-34-53-48(36-41)57(46-26-11-14-30-52(46)61-53)45-25-10-13-29-51(45)60-50-28-12-9-23-43(50)44-24-16-27-47(57)55(44)60/h3-30,32,34-36,56H,31,33H2,1-2H3. The largest absolute Gasteiger partial charge is 0.457 e. The van der Waals surface area contributed by atoms with Crippen LogP contribution in [0.2, 0.25) is 0 Å². The number of allylic oxidation sites excluding steroid dienone is 1. The van der Waals surface area contributed by atoms with Crippen molar-refractivity contribution in [2.24, 2.45) is 4.99 Å². The fourth-order valence-electron chi connectivity index (χ4n) is 10.7. The average Bonchev–Trinajstić information content (AvgIpc) is 3.66. The van der Waals surface area contributed by atoms with Crippen LogP contribution in [0.25, 0.3) is 44.3 Å². The van der Waals surface area contributed by atoms with Crippen molar-refractivity contribution in [3.8, 4) is 28.3 Å². The van der Waals surface area contributed by atoms with Gasteiger partial charge in [-0.3, -0.25) is 4.99 Å². The van der Waals surface area contributed by atoms with Crippen LogP contribution in [0.1, 0.15) is 64.9 Å². The summed E-state index contributed by atoms with van der Waals surface area (Å²) in [4.78, 5) is 8.00. The number of aromatic nitrogens is 1. The summed E-state index contributed by atoms with van der Waals surface area (Å²) in [7, 11) is 2.19. The summed E-state index contributed by atoms with van der Waals surface area (Å²) in [6.45, 7) is 2.28. The second-order valence-corrected chi connectivity index (χ2v) is 16.7. The highest BCUT2D eigenvalue weighted by atomic mass is 16.5. The number of ether oxygens (including phenoxy) is 1. The Hall–Kier alpha value is -7.43. The zero-order chi connectivity index (χ0) is 40.7. The molecule has 0 aliphatic carbocycles. The minimum Gasteiger partial charge on any atom is -0.457 e. The number of fused-ring (bicyclic) bond motifs is 11. The van der Waals surface area contributed by atoms with Crippen LogP contribution < -0.4 is 4.74 Å². The van der Waals surface area contributed by atoms with Gasteiger partial charge in [-0.25, -0.2) is 0 Å². The SMILES string of the molecule is CC1=C(c2ccccc2)N(C)C(c2ccccc2)N=C(c2cccc(-c3ccc4c(c3)C3(c5ccccc5O4)c4ccccc4-n4c5ccccc5c5cccc3c54)c2)CC1. The molecule has 0 N–H and O–H groups in total. The van der Waals surface area contributed by atoms with Gasteiger partial charge in [-0.1, -0.05) is 158 Å². The molecule has 3 aliphatic heterocycles. The van der Waals surface area contributed by atoms with Crippen molar-refractivity contribution >= 4 is 33.2 Å². The molecule has 4 heterocycles. The van der Waals surface area contributed by atoms with Crippen LogP contribution in [0, 0.1) is 0 Å². The Morgan fingerprint density at radius 2 is 1.16 bits per heavy atom. The molecule has 9 aromatic rings. The van der Waals surface area contributed by atoms with Crippen molar-refractivity contribution in [3.63, 3.8) is 0 Å². The minimum atomic E-state index is -0.629. The van der Waals surface area contributed by atoms with E-state index in [0.29, 0.717) is 0 Å². The van der Waals surface area contributed by atoms with Gasteiger partial charge in [0.05, 0.1) is 22.1 Å². The van der Waals surface area contributed by atoms with Gasteiger partial charge in [-0.2, -0.15) is 0 Å². The van der Waals surface area contributed by atoms with E-state index in [0.717, 1.165) is 57.9 Å². The second-order valence-electron chi connectivity index (χ2n) is 16.7. The van der Waals surface area contributed by atoms with Gasteiger partial charge in [-0.15, -0.1) is 0 Å². The number of hydrogen-bond donors (Lipinski definition) is 0. The lowest BCUT2D eigenvalue weighted by atomic mass is 9.61. The smallest absolute Gasteiger partial charge is 0.147 e.